The number of nitrogens with zero attached hydrogens (tertiary/aromatic N) is 2. The van der Waals surface area contributed by atoms with Gasteiger partial charge in [-0.2, -0.15) is 0 Å². The molecule has 0 saturated heterocycles. The van der Waals surface area contributed by atoms with Crippen molar-refractivity contribution in [2.75, 3.05) is 0 Å². The van der Waals surface area contributed by atoms with Crippen LogP contribution in [0.15, 0.2) is 130 Å². The Morgan fingerprint density at radius 2 is 1.11 bits per heavy atom. The molecule has 9 rings (SSSR count). The Morgan fingerprint density at radius 3 is 1.74 bits per heavy atom. The first-order valence-corrected chi connectivity index (χ1v) is 22.9. The van der Waals surface area contributed by atoms with Crippen LogP contribution in [0.5, 0.6) is 11.5 Å². The van der Waals surface area contributed by atoms with Crippen LogP contribution in [-0.4, -0.2) is 20.2 Å². The topological polar surface area (TPSA) is 92.5 Å². The van der Waals surface area contributed by atoms with Gasteiger partial charge in [-0.15, -0.1) is 0 Å². The zero-order chi connectivity index (χ0) is 41.8. The number of hydrogen-bond acceptors (Lipinski definition) is 6. The van der Waals surface area contributed by atoms with Crippen molar-refractivity contribution in [2.24, 2.45) is 0 Å². The van der Waals surface area contributed by atoms with Crippen LogP contribution in [0, 0.1) is 0 Å². The molecule has 5 aromatic carbocycles. The van der Waals surface area contributed by atoms with Crippen molar-refractivity contribution in [3.05, 3.63) is 138 Å². The van der Waals surface area contributed by atoms with Crippen LogP contribution >= 0.6 is 0 Å². The number of phenolic OH excluding ortho intramolecular Hbond substituents is 2. The Balaban J connectivity index is 1.09. The molecule has 2 aliphatic carbocycles. The minimum Gasteiger partial charge on any atom is -0.507 e. The first kappa shape index (κ1) is 40.5. The first-order chi connectivity index (χ1) is 30.0. The number of unbranched alkanes of at least 4 members (excludes halogenated alkanes) is 10. The standard InChI is InChI=1S/C55H58N2O4/c1-3-5-7-9-11-17-31-55(32-18-12-10-8-6-4-2)45-35-39(37-25-29-49(58)43(33-37)53-56-47-19-13-15-21-51(47)60-53)23-27-41(45)42-28-24-40(36-46(42)55)38-26-30-50(59)44(34-38)54-57-48-20-14-16-22-52(48)61-54/h13-16,19-30,33-35,40,58-59H,3-12,17-18,31-32,36H2,1-2H3. The highest BCUT2D eigenvalue weighted by molar-refractivity contribution is 5.90. The van der Waals surface area contributed by atoms with Crippen LogP contribution in [-0.2, 0) is 5.41 Å². The van der Waals surface area contributed by atoms with E-state index in [1.165, 1.54) is 93.7 Å². The highest BCUT2D eigenvalue weighted by atomic mass is 16.4. The SMILES string of the molecule is CCCCCCCCC1(CCCCCCCC)C2=C(C=CC(c3ccc(O)c(-c4nc5ccccc5o4)c3)C2)c2ccc(-c3ccc(O)c(-c4nc5ccccc5o4)c3)cc21. The van der Waals surface area contributed by atoms with E-state index in [0.29, 0.717) is 34.1 Å². The van der Waals surface area contributed by atoms with Crippen molar-refractivity contribution in [2.45, 2.75) is 121 Å². The summed E-state index contributed by atoms with van der Waals surface area (Å²) in [7, 11) is 0. The third-order valence-corrected chi connectivity index (χ3v) is 13.4. The van der Waals surface area contributed by atoms with Gasteiger partial charge in [-0.25, -0.2) is 9.97 Å². The summed E-state index contributed by atoms with van der Waals surface area (Å²) in [5, 5.41) is 22.2. The van der Waals surface area contributed by atoms with E-state index in [1.807, 2.05) is 60.7 Å². The van der Waals surface area contributed by atoms with Crippen molar-refractivity contribution in [1.82, 2.24) is 9.97 Å². The second-order valence-corrected chi connectivity index (χ2v) is 17.4. The maximum absolute atomic E-state index is 11.1. The number of aromatic hydroxyl groups is 2. The van der Waals surface area contributed by atoms with E-state index in [4.69, 9.17) is 18.8 Å². The van der Waals surface area contributed by atoms with E-state index in [2.05, 4.69) is 56.3 Å². The van der Waals surface area contributed by atoms with E-state index < -0.39 is 0 Å². The monoisotopic (exact) mass is 810 g/mol. The van der Waals surface area contributed by atoms with Crippen LogP contribution in [0.1, 0.15) is 133 Å². The lowest BCUT2D eigenvalue weighted by Crippen LogP contribution is -2.28. The molecule has 2 aromatic heterocycles. The average molecular weight is 811 g/mol. The van der Waals surface area contributed by atoms with Gasteiger partial charge in [-0.05, 0) is 107 Å². The van der Waals surface area contributed by atoms with Gasteiger partial charge in [0.15, 0.2) is 11.2 Å². The number of oxazole rings is 2. The fourth-order valence-corrected chi connectivity index (χ4v) is 10.1. The lowest BCUT2D eigenvalue weighted by Gasteiger charge is -2.37. The van der Waals surface area contributed by atoms with Crippen LogP contribution in [0.2, 0.25) is 0 Å². The summed E-state index contributed by atoms with van der Waals surface area (Å²) in [5.74, 6) is 1.32. The van der Waals surface area contributed by atoms with Crippen molar-refractivity contribution < 1.29 is 19.0 Å². The number of para-hydroxylation sites is 4. The quantitative estimate of drug-likeness (QED) is 0.0839. The minimum atomic E-state index is -0.0979. The fourth-order valence-electron chi connectivity index (χ4n) is 10.1. The van der Waals surface area contributed by atoms with E-state index in [0.717, 1.165) is 47.0 Å². The molecular weight excluding hydrogens is 753 g/mol. The van der Waals surface area contributed by atoms with Crippen molar-refractivity contribution >= 4 is 27.8 Å². The molecule has 0 radical (unpaired) electrons. The molecule has 7 aromatic rings. The first-order valence-electron chi connectivity index (χ1n) is 22.9. The Morgan fingerprint density at radius 1 is 0.574 bits per heavy atom. The molecule has 2 N–H and O–H groups in total. The lowest BCUT2D eigenvalue weighted by atomic mass is 9.66. The van der Waals surface area contributed by atoms with Crippen LogP contribution < -0.4 is 0 Å². The molecule has 2 heterocycles. The zero-order valence-electron chi connectivity index (χ0n) is 35.8. The summed E-state index contributed by atoms with van der Waals surface area (Å²) in [6, 6.07) is 34.4. The van der Waals surface area contributed by atoms with Gasteiger partial charge < -0.3 is 19.0 Å². The molecular formula is C55H58N2O4. The molecule has 61 heavy (non-hydrogen) atoms. The zero-order valence-corrected chi connectivity index (χ0v) is 35.8. The molecule has 0 fully saturated rings. The third-order valence-electron chi connectivity index (χ3n) is 13.4. The van der Waals surface area contributed by atoms with E-state index in [9.17, 15) is 10.2 Å². The smallest absolute Gasteiger partial charge is 0.231 e. The lowest BCUT2D eigenvalue weighted by molar-refractivity contribution is 0.378. The largest absolute Gasteiger partial charge is 0.507 e. The summed E-state index contributed by atoms with van der Waals surface area (Å²) in [5.41, 5.74) is 13.1. The van der Waals surface area contributed by atoms with E-state index in [-0.39, 0.29) is 22.8 Å². The third kappa shape index (κ3) is 8.17. The molecule has 6 nitrogen and oxygen atoms in total. The van der Waals surface area contributed by atoms with Gasteiger partial charge in [0.2, 0.25) is 11.8 Å². The number of benzene rings is 5. The predicted molar refractivity (Wildman–Crippen MR) is 249 cm³/mol. The van der Waals surface area contributed by atoms with E-state index >= 15 is 0 Å². The second-order valence-electron chi connectivity index (χ2n) is 17.4. The van der Waals surface area contributed by atoms with Gasteiger partial charge in [0, 0.05) is 11.3 Å². The Hall–Kier alpha value is -5.88. The Bertz CT molecular complexity index is 2630. The van der Waals surface area contributed by atoms with Crippen molar-refractivity contribution in [1.29, 1.82) is 0 Å². The minimum absolute atomic E-state index is 0.0979. The van der Waals surface area contributed by atoms with Crippen molar-refractivity contribution in [3.63, 3.8) is 0 Å². The number of aromatic nitrogens is 2. The molecule has 2 aliphatic rings. The molecule has 0 amide bonds. The maximum Gasteiger partial charge on any atom is 0.231 e. The fraction of sp³-hybridized carbons (Fsp3) is 0.345. The summed E-state index contributed by atoms with van der Waals surface area (Å²) in [4.78, 5) is 9.48. The molecule has 0 bridgehead atoms. The summed E-state index contributed by atoms with van der Waals surface area (Å²) < 4.78 is 12.3. The number of rotatable bonds is 18. The molecule has 1 atom stereocenters. The maximum atomic E-state index is 11.1. The Kier molecular flexibility index (Phi) is 12.0. The van der Waals surface area contributed by atoms with Gasteiger partial charge in [0.1, 0.15) is 22.5 Å². The van der Waals surface area contributed by atoms with Gasteiger partial charge in [0.05, 0.1) is 11.1 Å². The second kappa shape index (κ2) is 18.0. The average Bonchev–Trinajstić information content (AvgIpc) is 3.99. The summed E-state index contributed by atoms with van der Waals surface area (Å²) >= 11 is 0. The molecule has 1 unspecified atom stereocenters. The highest BCUT2D eigenvalue weighted by Gasteiger charge is 2.45. The Labute approximate surface area is 360 Å². The normalized spacial score (nSPS) is 15.5. The van der Waals surface area contributed by atoms with Gasteiger partial charge in [0.25, 0.3) is 0 Å². The molecule has 0 aliphatic heterocycles. The number of phenols is 2. The molecule has 312 valence electrons. The number of fused-ring (bicyclic) bond motifs is 4. The van der Waals surface area contributed by atoms with Gasteiger partial charge in [-0.3, -0.25) is 0 Å². The van der Waals surface area contributed by atoms with Crippen molar-refractivity contribution in [3.8, 4) is 45.5 Å². The van der Waals surface area contributed by atoms with Crippen LogP contribution in [0.25, 0.3) is 61.8 Å². The number of hydrogen-bond donors (Lipinski definition) is 2. The summed E-state index contributed by atoms with van der Waals surface area (Å²) in [6.07, 6.45) is 23.0. The molecule has 0 spiro atoms. The molecule has 0 saturated carbocycles. The molecule has 6 heteroatoms. The van der Waals surface area contributed by atoms with Gasteiger partial charge >= 0.3 is 0 Å². The highest BCUT2D eigenvalue weighted by Crippen LogP contribution is 2.58. The van der Waals surface area contributed by atoms with E-state index in [1.54, 1.807) is 17.7 Å². The van der Waals surface area contributed by atoms with Crippen LogP contribution in [0.4, 0.5) is 0 Å². The summed E-state index contributed by atoms with van der Waals surface area (Å²) in [6.45, 7) is 4.58. The van der Waals surface area contributed by atoms with Gasteiger partial charge in [-0.1, -0.05) is 157 Å². The van der Waals surface area contributed by atoms with Crippen LogP contribution in [0.3, 0.4) is 0 Å². The predicted octanol–water partition coefficient (Wildman–Crippen LogP) is 15.6. The number of allylic oxidation sites excluding steroid dienone is 4.